The summed E-state index contributed by atoms with van der Waals surface area (Å²) in [6.07, 6.45) is 0. The van der Waals surface area contributed by atoms with Crippen LogP contribution in [0.3, 0.4) is 0 Å². The Morgan fingerprint density at radius 2 is 2.00 bits per heavy atom. The van der Waals surface area contributed by atoms with E-state index in [1.54, 1.807) is 6.92 Å². The van der Waals surface area contributed by atoms with Crippen molar-refractivity contribution in [3.05, 3.63) is 12.2 Å². The Hall–Kier alpha value is -0.600. The van der Waals surface area contributed by atoms with Gasteiger partial charge in [-0.05, 0) is 6.92 Å². The van der Waals surface area contributed by atoms with Crippen LogP contribution in [0.2, 0.25) is 0 Å². The summed E-state index contributed by atoms with van der Waals surface area (Å²) < 4.78 is 62.4. The van der Waals surface area contributed by atoms with Gasteiger partial charge in [-0.1, -0.05) is 12.2 Å². The molecular weight excluding hydrogens is 235 g/mol. The van der Waals surface area contributed by atoms with Gasteiger partial charge in [0.05, 0.1) is 13.2 Å². The van der Waals surface area contributed by atoms with Crippen LogP contribution in [-0.4, -0.2) is 33.7 Å². The van der Waals surface area contributed by atoms with Crippen LogP contribution in [0.1, 0.15) is 6.92 Å². The highest BCUT2D eigenvalue weighted by molar-refractivity contribution is 7.90. The third kappa shape index (κ3) is 5.75. The number of rotatable bonds is 6. The molecule has 0 aromatic rings. The normalized spacial score (nSPS) is 12.8. The van der Waals surface area contributed by atoms with Crippen molar-refractivity contribution in [2.24, 2.45) is 0 Å². The summed E-state index contributed by atoms with van der Waals surface area (Å²) in [5.41, 5.74) is -4.57. The van der Waals surface area contributed by atoms with Gasteiger partial charge in [0, 0.05) is 6.54 Å². The van der Waals surface area contributed by atoms with Gasteiger partial charge in [0.1, 0.15) is 0 Å². The van der Waals surface area contributed by atoms with E-state index in [4.69, 9.17) is 4.74 Å². The molecule has 0 fully saturated rings. The molecule has 0 radical (unpaired) electrons. The average Bonchev–Trinajstić information content (AvgIpc) is 2.00. The number of hydrogen-bond acceptors (Lipinski definition) is 3. The third-order valence-electron chi connectivity index (χ3n) is 1.19. The molecule has 0 heterocycles. The first kappa shape index (κ1) is 14.4. The van der Waals surface area contributed by atoms with Crippen LogP contribution in [0.15, 0.2) is 12.2 Å². The molecule has 0 aromatic carbocycles. The quantitative estimate of drug-likeness (QED) is 0.563. The molecule has 0 saturated carbocycles. The molecular formula is C7H12F3NO3S. The van der Waals surface area contributed by atoms with Crippen LogP contribution in [0.25, 0.3) is 0 Å². The molecule has 0 bridgehead atoms. The van der Waals surface area contributed by atoms with E-state index < -0.39 is 22.1 Å². The molecule has 0 amide bonds. The van der Waals surface area contributed by atoms with E-state index in [1.165, 1.54) is 4.72 Å². The van der Waals surface area contributed by atoms with E-state index in [0.29, 0.717) is 5.57 Å². The minimum Gasteiger partial charge on any atom is -0.376 e. The first-order chi connectivity index (χ1) is 6.67. The molecule has 0 aromatic heterocycles. The van der Waals surface area contributed by atoms with Crippen molar-refractivity contribution in [1.29, 1.82) is 0 Å². The van der Waals surface area contributed by atoms with Gasteiger partial charge in [-0.25, -0.2) is 13.1 Å². The monoisotopic (exact) mass is 247 g/mol. The molecule has 0 aliphatic carbocycles. The zero-order chi connectivity index (χ0) is 12.1. The van der Waals surface area contributed by atoms with Gasteiger partial charge < -0.3 is 4.74 Å². The Morgan fingerprint density at radius 1 is 1.47 bits per heavy atom. The molecule has 0 rings (SSSR count). The van der Waals surface area contributed by atoms with Crippen molar-refractivity contribution < 1.29 is 26.3 Å². The number of hydrogen-bond donors (Lipinski definition) is 1. The van der Waals surface area contributed by atoms with Gasteiger partial charge in [-0.3, -0.25) is 0 Å². The highest BCUT2D eigenvalue weighted by Gasteiger charge is 2.45. The lowest BCUT2D eigenvalue weighted by atomic mass is 10.4. The van der Waals surface area contributed by atoms with E-state index in [1.807, 2.05) is 0 Å². The maximum Gasteiger partial charge on any atom is 0.511 e. The molecule has 4 nitrogen and oxygen atoms in total. The largest absolute Gasteiger partial charge is 0.511 e. The lowest BCUT2D eigenvalue weighted by Crippen LogP contribution is -2.38. The number of halogens is 3. The summed E-state index contributed by atoms with van der Waals surface area (Å²) >= 11 is 0. The predicted molar refractivity (Wildman–Crippen MR) is 48.6 cm³/mol. The summed E-state index contributed by atoms with van der Waals surface area (Å²) in [6.45, 7) is 4.81. The van der Waals surface area contributed by atoms with Gasteiger partial charge >= 0.3 is 15.5 Å². The molecule has 0 saturated heterocycles. The van der Waals surface area contributed by atoms with E-state index in [2.05, 4.69) is 6.58 Å². The van der Waals surface area contributed by atoms with Crippen LogP contribution in [0.5, 0.6) is 0 Å². The van der Waals surface area contributed by atoms with Crippen molar-refractivity contribution in [2.75, 3.05) is 19.8 Å². The second kappa shape index (κ2) is 5.47. The summed E-state index contributed by atoms with van der Waals surface area (Å²) in [5.74, 6) is 0. The Morgan fingerprint density at radius 3 is 2.40 bits per heavy atom. The SMILES string of the molecule is C=C(C)COCCNS(=O)(=O)C(F)(F)F. The Balaban J connectivity index is 3.83. The van der Waals surface area contributed by atoms with Crippen molar-refractivity contribution in [2.45, 2.75) is 12.4 Å². The molecule has 0 aliphatic heterocycles. The first-order valence-electron chi connectivity index (χ1n) is 3.95. The number of alkyl halides is 3. The highest BCUT2D eigenvalue weighted by atomic mass is 32.2. The van der Waals surface area contributed by atoms with Crippen LogP contribution in [0, 0.1) is 0 Å². The summed E-state index contributed by atoms with van der Waals surface area (Å²) in [5, 5.41) is 0. The lowest BCUT2D eigenvalue weighted by molar-refractivity contribution is -0.0449. The second-order valence-electron chi connectivity index (χ2n) is 2.85. The maximum absolute atomic E-state index is 11.8. The van der Waals surface area contributed by atoms with Gasteiger partial charge in [-0.15, -0.1) is 0 Å². The first-order valence-corrected chi connectivity index (χ1v) is 5.43. The van der Waals surface area contributed by atoms with Crippen LogP contribution >= 0.6 is 0 Å². The highest BCUT2D eigenvalue weighted by Crippen LogP contribution is 2.21. The molecule has 0 unspecified atom stereocenters. The fourth-order valence-electron chi connectivity index (χ4n) is 0.576. The Kier molecular flexibility index (Phi) is 5.26. The smallest absolute Gasteiger partial charge is 0.376 e. The summed E-state index contributed by atoms with van der Waals surface area (Å²) in [4.78, 5) is 0. The van der Waals surface area contributed by atoms with E-state index in [-0.39, 0.29) is 13.2 Å². The minimum absolute atomic E-state index is 0.137. The van der Waals surface area contributed by atoms with E-state index in [0.717, 1.165) is 0 Å². The Bertz CT molecular complexity index is 310. The van der Waals surface area contributed by atoms with Gasteiger partial charge in [0.15, 0.2) is 0 Å². The number of ether oxygens (including phenoxy) is 1. The summed E-state index contributed by atoms with van der Waals surface area (Å²) in [6, 6.07) is 0. The molecule has 1 N–H and O–H groups in total. The van der Waals surface area contributed by atoms with Crippen molar-refractivity contribution in [3.63, 3.8) is 0 Å². The maximum atomic E-state index is 11.8. The zero-order valence-corrected chi connectivity index (χ0v) is 8.91. The number of sulfonamides is 1. The lowest BCUT2D eigenvalue weighted by Gasteiger charge is -2.09. The molecule has 8 heteroatoms. The topological polar surface area (TPSA) is 55.4 Å². The fourth-order valence-corrected chi connectivity index (χ4v) is 1.09. The van der Waals surface area contributed by atoms with Crippen LogP contribution < -0.4 is 4.72 Å². The molecule has 0 atom stereocenters. The third-order valence-corrected chi connectivity index (χ3v) is 2.39. The van der Waals surface area contributed by atoms with Gasteiger partial charge in [0.25, 0.3) is 0 Å². The van der Waals surface area contributed by atoms with Crippen molar-refractivity contribution in [1.82, 2.24) is 4.72 Å². The molecule has 0 spiro atoms. The van der Waals surface area contributed by atoms with Crippen LogP contribution in [0.4, 0.5) is 13.2 Å². The fraction of sp³-hybridized carbons (Fsp3) is 0.714. The van der Waals surface area contributed by atoms with Gasteiger partial charge in [-0.2, -0.15) is 13.2 Å². The van der Waals surface area contributed by atoms with E-state index in [9.17, 15) is 21.6 Å². The van der Waals surface area contributed by atoms with Crippen LogP contribution in [-0.2, 0) is 14.8 Å². The van der Waals surface area contributed by atoms with Crippen molar-refractivity contribution >= 4 is 10.0 Å². The average molecular weight is 247 g/mol. The predicted octanol–water partition coefficient (Wildman–Crippen LogP) is 1.02. The number of nitrogens with one attached hydrogen (secondary N) is 1. The minimum atomic E-state index is -5.28. The Labute approximate surface area is 86.2 Å². The second-order valence-corrected chi connectivity index (χ2v) is 4.61. The molecule has 15 heavy (non-hydrogen) atoms. The summed E-state index contributed by atoms with van der Waals surface area (Å²) in [7, 11) is -5.25. The van der Waals surface area contributed by atoms with Gasteiger partial charge in [0.2, 0.25) is 0 Å². The zero-order valence-electron chi connectivity index (χ0n) is 8.10. The van der Waals surface area contributed by atoms with Crippen molar-refractivity contribution in [3.8, 4) is 0 Å². The molecule has 0 aliphatic rings. The molecule has 90 valence electrons. The standard InChI is InChI=1S/C7H12F3NO3S/c1-6(2)5-14-4-3-11-15(12,13)7(8,9)10/h11H,1,3-5H2,2H3. The van der Waals surface area contributed by atoms with E-state index >= 15 is 0 Å².